The molecular weight excluding hydrogens is 335 g/mol. The van der Waals surface area contributed by atoms with Crippen LogP contribution < -0.4 is 0 Å². The number of rotatable bonds is 4. The topological polar surface area (TPSA) is 62.4 Å². The van der Waals surface area contributed by atoms with Gasteiger partial charge in [0.1, 0.15) is 0 Å². The van der Waals surface area contributed by atoms with Gasteiger partial charge in [0.25, 0.3) is 0 Å². The Morgan fingerprint density at radius 1 is 1.24 bits per heavy atom. The normalized spacial score (nSPS) is 24.8. The first-order valence-electron chi connectivity index (χ1n) is 8.32. The van der Waals surface area contributed by atoms with Gasteiger partial charge < -0.3 is 9.63 Å². The Morgan fingerprint density at radius 2 is 2.00 bits per heavy atom. The molecule has 2 aliphatic rings. The van der Waals surface area contributed by atoms with Crippen LogP contribution in [0.15, 0.2) is 28.8 Å². The third kappa shape index (κ3) is 3.41. The average Bonchev–Trinajstić information content (AvgIpc) is 3.20. The van der Waals surface area contributed by atoms with E-state index in [0.717, 1.165) is 18.9 Å². The Bertz CT molecular complexity index is 758. The van der Waals surface area contributed by atoms with Crippen molar-refractivity contribution >= 4 is 0 Å². The van der Waals surface area contributed by atoms with Gasteiger partial charge in [-0.1, -0.05) is 23.4 Å². The molecule has 2 fully saturated rings. The molecule has 4 rings (SSSR count). The molecule has 1 aromatic heterocycles. The first-order chi connectivity index (χ1) is 11.9. The Labute approximate surface area is 142 Å². The Morgan fingerprint density at radius 3 is 2.72 bits per heavy atom. The van der Waals surface area contributed by atoms with Crippen molar-refractivity contribution in [3.63, 3.8) is 0 Å². The SMILES string of the molecule is O[C@H]1C[C@H](c2ccccc2C(F)(F)F)N(Cc2noc(C3CC3)n2)C1. The Hall–Kier alpha value is -1.93. The van der Waals surface area contributed by atoms with Crippen molar-refractivity contribution < 1.29 is 22.8 Å². The quantitative estimate of drug-likeness (QED) is 0.914. The highest BCUT2D eigenvalue weighted by atomic mass is 19.4. The smallest absolute Gasteiger partial charge is 0.392 e. The number of likely N-dealkylation sites (tertiary alicyclic amines) is 1. The minimum atomic E-state index is -4.43. The maximum Gasteiger partial charge on any atom is 0.416 e. The fraction of sp³-hybridized carbons (Fsp3) is 0.529. The van der Waals surface area contributed by atoms with Crippen molar-refractivity contribution in [3.05, 3.63) is 47.1 Å². The molecule has 1 aliphatic heterocycles. The standard InChI is InChI=1S/C17H18F3N3O2/c18-17(19,20)13-4-2-1-3-12(13)14-7-11(24)8-23(14)9-15-21-16(25-22-15)10-5-6-10/h1-4,10-11,14,24H,5-9H2/t11-,14+/m0/s1. The van der Waals surface area contributed by atoms with Crippen LogP contribution in [-0.2, 0) is 12.7 Å². The molecule has 1 N–H and O–H groups in total. The Kier molecular flexibility index (Phi) is 4.04. The third-order valence-corrected chi connectivity index (χ3v) is 4.76. The van der Waals surface area contributed by atoms with Gasteiger partial charge in [0, 0.05) is 18.5 Å². The first-order valence-corrected chi connectivity index (χ1v) is 8.32. The fourth-order valence-electron chi connectivity index (χ4n) is 3.43. The van der Waals surface area contributed by atoms with E-state index in [1.54, 1.807) is 11.0 Å². The van der Waals surface area contributed by atoms with Crippen molar-refractivity contribution in [2.45, 2.75) is 50.0 Å². The van der Waals surface area contributed by atoms with Gasteiger partial charge in [-0.05, 0) is 30.9 Å². The van der Waals surface area contributed by atoms with Crippen LogP contribution in [0.3, 0.4) is 0 Å². The number of aromatic nitrogens is 2. The second-order valence-electron chi connectivity index (χ2n) is 6.74. The van der Waals surface area contributed by atoms with Crippen LogP contribution in [0, 0.1) is 0 Å². The summed E-state index contributed by atoms with van der Waals surface area (Å²) in [5.41, 5.74) is -0.483. The number of benzene rings is 1. The van der Waals surface area contributed by atoms with E-state index in [9.17, 15) is 18.3 Å². The van der Waals surface area contributed by atoms with Gasteiger partial charge in [0.15, 0.2) is 5.82 Å². The van der Waals surface area contributed by atoms with Gasteiger partial charge >= 0.3 is 6.18 Å². The maximum absolute atomic E-state index is 13.3. The predicted octanol–water partition coefficient (Wildman–Crippen LogP) is 3.27. The number of nitrogens with zero attached hydrogens (tertiary/aromatic N) is 3. The predicted molar refractivity (Wildman–Crippen MR) is 81.5 cm³/mol. The van der Waals surface area contributed by atoms with Gasteiger partial charge in [-0.2, -0.15) is 18.2 Å². The zero-order valence-corrected chi connectivity index (χ0v) is 13.4. The number of β-amino-alcohol motifs (C(OH)–C–C–N with tert-alkyl or cyclic N) is 1. The number of aliphatic hydroxyl groups excluding tert-OH is 1. The molecule has 25 heavy (non-hydrogen) atoms. The summed E-state index contributed by atoms with van der Waals surface area (Å²) in [6, 6.07) is 4.99. The molecule has 1 aliphatic carbocycles. The van der Waals surface area contributed by atoms with Crippen molar-refractivity contribution in [2.75, 3.05) is 6.54 Å². The van der Waals surface area contributed by atoms with E-state index in [0.29, 0.717) is 17.6 Å². The fourth-order valence-corrected chi connectivity index (χ4v) is 3.43. The maximum atomic E-state index is 13.3. The highest BCUT2D eigenvalue weighted by Crippen LogP contribution is 2.41. The van der Waals surface area contributed by atoms with E-state index >= 15 is 0 Å². The molecule has 0 spiro atoms. The van der Waals surface area contributed by atoms with E-state index in [1.165, 1.54) is 12.1 Å². The van der Waals surface area contributed by atoms with Gasteiger partial charge in [-0.25, -0.2) is 0 Å². The number of hydrogen-bond donors (Lipinski definition) is 1. The molecule has 1 aromatic carbocycles. The van der Waals surface area contributed by atoms with E-state index in [-0.39, 0.29) is 25.1 Å². The van der Waals surface area contributed by atoms with Crippen molar-refractivity contribution in [2.24, 2.45) is 0 Å². The molecule has 2 heterocycles. The summed E-state index contributed by atoms with van der Waals surface area (Å²) in [5.74, 6) is 1.37. The van der Waals surface area contributed by atoms with Gasteiger partial charge in [0.05, 0.1) is 18.2 Å². The summed E-state index contributed by atoms with van der Waals surface area (Å²) in [4.78, 5) is 6.13. The zero-order chi connectivity index (χ0) is 17.6. The van der Waals surface area contributed by atoms with Crippen LogP contribution in [0.1, 0.15) is 54.1 Å². The van der Waals surface area contributed by atoms with Gasteiger partial charge in [-0.15, -0.1) is 0 Å². The molecule has 1 saturated heterocycles. The number of aliphatic hydroxyl groups is 1. The summed E-state index contributed by atoms with van der Waals surface area (Å²) in [6.45, 7) is 0.536. The van der Waals surface area contributed by atoms with Crippen LogP contribution in [0.2, 0.25) is 0 Å². The lowest BCUT2D eigenvalue weighted by molar-refractivity contribution is -0.138. The van der Waals surface area contributed by atoms with E-state index in [2.05, 4.69) is 10.1 Å². The van der Waals surface area contributed by atoms with Gasteiger partial charge in [0.2, 0.25) is 5.89 Å². The first kappa shape index (κ1) is 16.5. The lowest BCUT2D eigenvalue weighted by Gasteiger charge is -2.25. The van der Waals surface area contributed by atoms with Crippen molar-refractivity contribution in [1.82, 2.24) is 15.0 Å². The summed E-state index contributed by atoms with van der Waals surface area (Å²) in [5, 5.41) is 14.0. The molecule has 5 nitrogen and oxygen atoms in total. The second-order valence-corrected chi connectivity index (χ2v) is 6.74. The number of hydrogen-bond acceptors (Lipinski definition) is 5. The van der Waals surface area contributed by atoms with Crippen LogP contribution in [0.25, 0.3) is 0 Å². The van der Waals surface area contributed by atoms with Gasteiger partial charge in [-0.3, -0.25) is 4.90 Å². The molecular formula is C17H18F3N3O2. The lowest BCUT2D eigenvalue weighted by atomic mass is 9.97. The van der Waals surface area contributed by atoms with Crippen LogP contribution in [-0.4, -0.2) is 32.8 Å². The second kappa shape index (κ2) is 6.10. The van der Waals surface area contributed by atoms with E-state index in [4.69, 9.17) is 4.52 Å². The number of alkyl halides is 3. The molecule has 1 saturated carbocycles. The van der Waals surface area contributed by atoms with Crippen LogP contribution >= 0.6 is 0 Å². The largest absolute Gasteiger partial charge is 0.416 e. The summed E-state index contributed by atoms with van der Waals surface area (Å²) in [6.07, 6.45) is -2.79. The third-order valence-electron chi connectivity index (χ3n) is 4.76. The summed E-state index contributed by atoms with van der Waals surface area (Å²) < 4.78 is 45.2. The molecule has 2 atom stereocenters. The van der Waals surface area contributed by atoms with Crippen LogP contribution in [0.5, 0.6) is 0 Å². The van der Waals surface area contributed by atoms with E-state index in [1.807, 2.05) is 0 Å². The molecule has 0 radical (unpaired) electrons. The Balaban J connectivity index is 1.59. The summed E-state index contributed by atoms with van der Waals surface area (Å²) >= 11 is 0. The lowest BCUT2D eigenvalue weighted by Crippen LogP contribution is -2.26. The zero-order valence-electron chi connectivity index (χ0n) is 13.4. The molecule has 0 amide bonds. The molecule has 8 heteroatoms. The van der Waals surface area contributed by atoms with Crippen molar-refractivity contribution in [1.29, 1.82) is 0 Å². The highest BCUT2D eigenvalue weighted by Gasteiger charge is 2.40. The van der Waals surface area contributed by atoms with Crippen LogP contribution in [0.4, 0.5) is 13.2 Å². The molecule has 2 aromatic rings. The minimum Gasteiger partial charge on any atom is -0.392 e. The summed E-state index contributed by atoms with van der Waals surface area (Å²) in [7, 11) is 0. The van der Waals surface area contributed by atoms with Crippen molar-refractivity contribution in [3.8, 4) is 0 Å². The minimum absolute atomic E-state index is 0.178. The highest BCUT2D eigenvalue weighted by molar-refractivity contribution is 5.33. The average molecular weight is 353 g/mol. The molecule has 0 bridgehead atoms. The monoisotopic (exact) mass is 353 g/mol. The molecule has 134 valence electrons. The number of halogens is 3. The molecule has 0 unspecified atom stereocenters. The van der Waals surface area contributed by atoms with E-state index < -0.39 is 23.9 Å².